The minimum absolute atomic E-state index is 0.112. The fraction of sp³-hybridized carbons (Fsp3) is 0.577. The van der Waals surface area contributed by atoms with Gasteiger partial charge in [0.25, 0.3) is 0 Å². The number of rotatable bonds is 13. The van der Waals surface area contributed by atoms with Gasteiger partial charge in [0.05, 0.1) is 21.3 Å². The average Bonchev–Trinajstić information content (AvgIpc) is 2.78. The van der Waals surface area contributed by atoms with Gasteiger partial charge in [-0.15, -0.1) is 0 Å². The molecule has 0 bridgehead atoms. The maximum absolute atomic E-state index is 11.4. The van der Waals surface area contributed by atoms with Crippen LogP contribution in [0.5, 0.6) is 5.75 Å². The molecule has 0 radical (unpaired) electrons. The number of hydrogen-bond donors (Lipinski definition) is 0. The number of carbonyl (C=O) groups excluding carboxylic acids is 1. The Hall–Kier alpha value is -2.27. The lowest BCUT2D eigenvalue weighted by molar-refractivity contribution is -0.109. The van der Waals surface area contributed by atoms with Crippen molar-refractivity contribution < 1.29 is 19.0 Å². The van der Waals surface area contributed by atoms with Crippen LogP contribution in [0, 0.1) is 17.3 Å². The van der Waals surface area contributed by atoms with E-state index >= 15 is 0 Å². The monoisotopic (exact) mass is 429 g/mol. The van der Waals surface area contributed by atoms with E-state index in [1.54, 1.807) is 21.3 Å². The molecule has 31 heavy (non-hydrogen) atoms. The third-order valence-electron chi connectivity index (χ3n) is 6.64. The van der Waals surface area contributed by atoms with Gasteiger partial charge in [0, 0.05) is 18.4 Å². The van der Waals surface area contributed by atoms with Crippen molar-refractivity contribution in [2.24, 2.45) is 17.3 Å². The second-order valence-electron chi connectivity index (χ2n) is 8.67. The number of nitrogens with zero attached hydrogens (tertiary/aromatic N) is 1. The molecular weight excluding hydrogens is 390 g/mol. The highest BCUT2D eigenvalue weighted by Gasteiger charge is 2.47. The lowest BCUT2D eigenvalue weighted by Crippen LogP contribution is -2.41. The zero-order valence-corrected chi connectivity index (χ0v) is 20.0. The largest absolute Gasteiger partial charge is 0.497 e. The van der Waals surface area contributed by atoms with Crippen molar-refractivity contribution in [1.29, 1.82) is 0 Å². The normalized spacial score (nSPS) is 21.0. The van der Waals surface area contributed by atoms with E-state index in [1.807, 2.05) is 18.2 Å². The van der Waals surface area contributed by atoms with E-state index in [2.05, 4.69) is 44.0 Å². The van der Waals surface area contributed by atoms with Gasteiger partial charge in [0.1, 0.15) is 17.8 Å². The molecule has 172 valence electrons. The summed E-state index contributed by atoms with van der Waals surface area (Å²) in [7, 11) is 7.25. The average molecular weight is 430 g/mol. The van der Waals surface area contributed by atoms with Gasteiger partial charge in [-0.2, -0.15) is 0 Å². The van der Waals surface area contributed by atoms with Crippen LogP contribution in [-0.4, -0.2) is 52.7 Å². The molecule has 0 aromatic heterocycles. The highest BCUT2D eigenvalue weighted by molar-refractivity contribution is 5.52. The van der Waals surface area contributed by atoms with Gasteiger partial charge >= 0.3 is 0 Å². The first-order chi connectivity index (χ1) is 14.9. The van der Waals surface area contributed by atoms with Gasteiger partial charge in [0.15, 0.2) is 5.76 Å². The van der Waals surface area contributed by atoms with Crippen molar-refractivity contribution in [3.05, 3.63) is 53.5 Å². The SMILES string of the molecule is COC1=C(OC)C(CCCN(C)CCc2cccc(OC)c2)(C(C)C)[C@@H](CC=O)C=C1. The first-order valence-electron chi connectivity index (χ1n) is 11.2. The molecule has 0 saturated heterocycles. The van der Waals surface area contributed by atoms with Crippen LogP contribution in [0.2, 0.25) is 0 Å². The Bertz CT molecular complexity index is 770. The Kier molecular flexibility index (Phi) is 9.63. The zero-order chi connectivity index (χ0) is 22.9. The predicted octanol–water partition coefficient (Wildman–Crippen LogP) is 4.87. The summed E-state index contributed by atoms with van der Waals surface area (Å²) in [6, 6.07) is 8.25. The number of hydrogen-bond acceptors (Lipinski definition) is 5. The summed E-state index contributed by atoms with van der Waals surface area (Å²) in [6.07, 6.45) is 8.53. The summed E-state index contributed by atoms with van der Waals surface area (Å²) in [5.74, 6) is 2.96. The number of methoxy groups -OCH3 is 3. The van der Waals surface area contributed by atoms with Gasteiger partial charge in [-0.1, -0.05) is 32.1 Å². The predicted molar refractivity (Wildman–Crippen MR) is 125 cm³/mol. The Morgan fingerprint density at radius 3 is 2.52 bits per heavy atom. The fourth-order valence-corrected chi connectivity index (χ4v) is 4.87. The van der Waals surface area contributed by atoms with Crippen LogP contribution in [0.15, 0.2) is 47.9 Å². The van der Waals surface area contributed by atoms with E-state index in [0.717, 1.165) is 55.9 Å². The lowest BCUT2D eigenvalue weighted by Gasteiger charge is -2.46. The molecular formula is C26H39NO4. The molecule has 0 fully saturated rings. The van der Waals surface area contributed by atoms with E-state index in [9.17, 15) is 4.79 Å². The molecule has 0 N–H and O–H groups in total. The van der Waals surface area contributed by atoms with Gasteiger partial charge < -0.3 is 23.9 Å². The van der Waals surface area contributed by atoms with Gasteiger partial charge in [-0.3, -0.25) is 0 Å². The molecule has 1 aromatic rings. The Labute approximate surface area is 188 Å². The topological polar surface area (TPSA) is 48.0 Å². The molecule has 0 saturated carbocycles. The van der Waals surface area contributed by atoms with Crippen LogP contribution in [0.4, 0.5) is 0 Å². The molecule has 1 unspecified atom stereocenters. The summed E-state index contributed by atoms with van der Waals surface area (Å²) >= 11 is 0. The Balaban J connectivity index is 2.06. The van der Waals surface area contributed by atoms with Crippen LogP contribution >= 0.6 is 0 Å². The first-order valence-corrected chi connectivity index (χ1v) is 11.2. The number of likely N-dealkylation sites (N-methyl/N-ethyl adjacent to an activating group) is 1. The Morgan fingerprint density at radius 2 is 1.90 bits per heavy atom. The van der Waals surface area contributed by atoms with Crippen molar-refractivity contribution in [1.82, 2.24) is 4.90 Å². The standard InChI is InChI=1S/C26H39NO4/c1-20(2)26(22(14-18-28)11-12-24(30-5)25(26)31-6)15-8-16-27(3)17-13-21-9-7-10-23(19-21)29-4/h7,9-12,18-20,22H,8,13-17H2,1-6H3/t22-,26?/m1/s1. The van der Waals surface area contributed by atoms with Crippen molar-refractivity contribution in [3.8, 4) is 5.75 Å². The number of allylic oxidation sites excluding steroid dienone is 3. The second kappa shape index (κ2) is 11.9. The van der Waals surface area contributed by atoms with Crippen LogP contribution in [0.3, 0.4) is 0 Å². The maximum atomic E-state index is 11.4. The van der Waals surface area contributed by atoms with Gasteiger partial charge in [-0.25, -0.2) is 0 Å². The molecule has 0 aliphatic heterocycles. The number of benzene rings is 1. The summed E-state index contributed by atoms with van der Waals surface area (Å²) in [6.45, 7) is 6.40. The molecule has 0 spiro atoms. The van der Waals surface area contributed by atoms with E-state index < -0.39 is 0 Å². The molecule has 1 aliphatic carbocycles. The minimum atomic E-state index is -0.247. The number of aldehydes is 1. The molecule has 5 nitrogen and oxygen atoms in total. The number of carbonyl (C=O) groups is 1. The zero-order valence-electron chi connectivity index (χ0n) is 20.0. The van der Waals surface area contributed by atoms with E-state index in [0.29, 0.717) is 12.3 Å². The van der Waals surface area contributed by atoms with Crippen LogP contribution in [0.25, 0.3) is 0 Å². The maximum Gasteiger partial charge on any atom is 0.156 e. The molecule has 2 atom stereocenters. The van der Waals surface area contributed by atoms with Crippen LogP contribution in [0.1, 0.15) is 38.7 Å². The van der Waals surface area contributed by atoms with E-state index in [1.165, 1.54) is 5.56 Å². The molecule has 0 amide bonds. The summed E-state index contributed by atoms with van der Waals surface area (Å²) in [4.78, 5) is 13.8. The third kappa shape index (κ3) is 5.91. The molecule has 1 aromatic carbocycles. The smallest absolute Gasteiger partial charge is 0.156 e. The van der Waals surface area contributed by atoms with Crippen molar-refractivity contribution in [2.45, 2.75) is 39.5 Å². The van der Waals surface area contributed by atoms with E-state index in [4.69, 9.17) is 14.2 Å². The lowest BCUT2D eigenvalue weighted by atomic mass is 9.60. The molecule has 0 heterocycles. The van der Waals surface area contributed by atoms with Crippen molar-refractivity contribution in [3.63, 3.8) is 0 Å². The van der Waals surface area contributed by atoms with Crippen LogP contribution in [-0.2, 0) is 20.7 Å². The summed E-state index contributed by atoms with van der Waals surface area (Å²) in [5, 5.41) is 0. The number of ether oxygens (including phenoxy) is 3. The third-order valence-corrected chi connectivity index (χ3v) is 6.64. The fourth-order valence-electron chi connectivity index (χ4n) is 4.87. The highest BCUT2D eigenvalue weighted by Crippen LogP contribution is 2.52. The van der Waals surface area contributed by atoms with E-state index in [-0.39, 0.29) is 11.3 Å². The molecule has 2 rings (SSSR count). The molecule has 1 aliphatic rings. The highest BCUT2D eigenvalue weighted by atomic mass is 16.5. The van der Waals surface area contributed by atoms with Gasteiger partial charge in [-0.05, 0) is 68.5 Å². The van der Waals surface area contributed by atoms with Crippen LogP contribution < -0.4 is 4.74 Å². The molecule has 5 heteroatoms. The second-order valence-corrected chi connectivity index (χ2v) is 8.67. The van der Waals surface area contributed by atoms with Crippen molar-refractivity contribution in [2.75, 3.05) is 41.5 Å². The first kappa shape index (κ1) is 25.0. The summed E-state index contributed by atoms with van der Waals surface area (Å²) < 4.78 is 16.8. The van der Waals surface area contributed by atoms with Crippen molar-refractivity contribution >= 4 is 6.29 Å². The Morgan fingerprint density at radius 1 is 1.13 bits per heavy atom. The minimum Gasteiger partial charge on any atom is -0.497 e. The van der Waals surface area contributed by atoms with Gasteiger partial charge in [0.2, 0.25) is 0 Å². The summed E-state index contributed by atoms with van der Waals surface area (Å²) in [5.41, 5.74) is 1.03. The quantitative estimate of drug-likeness (QED) is 0.419.